The van der Waals surface area contributed by atoms with Crippen molar-refractivity contribution < 1.29 is 18.0 Å². The zero-order valence-corrected chi connectivity index (χ0v) is 11.4. The Kier molecular flexibility index (Phi) is 6.21. The summed E-state index contributed by atoms with van der Waals surface area (Å²) in [5, 5.41) is 2.31. The smallest absolute Gasteiger partial charge is 0.325 e. The van der Waals surface area contributed by atoms with Crippen molar-refractivity contribution in [2.75, 3.05) is 16.8 Å². The summed E-state index contributed by atoms with van der Waals surface area (Å²) < 4.78 is 38.1. The van der Waals surface area contributed by atoms with Gasteiger partial charge in [0.15, 0.2) is 0 Å². The number of unbranched alkanes of at least 4 members (excludes halogenated alkanes) is 1. The molecular weight excluding hydrogens is 275 g/mol. The topological polar surface area (TPSA) is 29.1 Å². The molecule has 2 nitrogen and oxygen atoms in total. The van der Waals surface area contributed by atoms with Gasteiger partial charge in [0, 0.05) is 0 Å². The lowest BCUT2D eigenvalue weighted by molar-refractivity contribution is -0.137. The number of hydrogen-bond acceptors (Lipinski definition) is 2. The Morgan fingerprint density at radius 1 is 1.32 bits per heavy atom. The Hall–Kier alpha value is -1.17. The van der Waals surface area contributed by atoms with E-state index in [0.717, 1.165) is 24.7 Å². The van der Waals surface area contributed by atoms with Crippen LogP contribution in [0.25, 0.3) is 0 Å². The molecule has 1 rings (SSSR count). The van der Waals surface area contributed by atoms with E-state index >= 15 is 0 Å². The number of anilines is 1. The first kappa shape index (κ1) is 15.9. The third-order valence-corrected chi connectivity index (χ3v) is 3.43. The fourth-order valence-corrected chi connectivity index (χ4v) is 2.33. The van der Waals surface area contributed by atoms with Gasteiger partial charge in [0.1, 0.15) is 0 Å². The minimum atomic E-state index is -4.46. The van der Waals surface area contributed by atoms with E-state index in [-0.39, 0.29) is 11.4 Å². The first-order chi connectivity index (χ1) is 8.95. The Morgan fingerprint density at radius 3 is 2.63 bits per heavy atom. The van der Waals surface area contributed by atoms with Gasteiger partial charge >= 0.3 is 6.18 Å². The van der Waals surface area contributed by atoms with Crippen LogP contribution in [0.3, 0.4) is 0 Å². The Balaban J connectivity index is 2.59. The van der Waals surface area contributed by atoms with Crippen molar-refractivity contribution in [2.24, 2.45) is 0 Å². The van der Waals surface area contributed by atoms with Gasteiger partial charge in [-0.05, 0) is 24.3 Å². The molecule has 1 aromatic rings. The van der Waals surface area contributed by atoms with Gasteiger partial charge in [0.2, 0.25) is 5.91 Å². The summed E-state index contributed by atoms with van der Waals surface area (Å²) in [6, 6.07) is 4.99. The number of hydrogen-bond donors (Lipinski definition) is 1. The lowest BCUT2D eigenvalue weighted by Gasteiger charge is -2.13. The Morgan fingerprint density at radius 2 is 2.00 bits per heavy atom. The van der Waals surface area contributed by atoms with Crippen LogP contribution in [0, 0.1) is 0 Å². The summed E-state index contributed by atoms with van der Waals surface area (Å²) in [5.74, 6) is 0.606. The highest BCUT2D eigenvalue weighted by atomic mass is 32.2. The van der Waals surface area contributed by atoms with E-state index in [1.54, 1.807) is 0 Å². The van der Waals surface area contributed by atoms with Crippen LogP contribution in [0.5, 0.6) is 0 Å². The molecule has 0 atom stereocenters. The van der Waals surface area contributed by atoms with E-state index in [2.05, 4.69) is 5.32 Å². The molecule has 0 radical (unpaired) electrons. The van der Waals surface area contributed by atoms with Crippen molar-refractivity contribution in [1.82, 2.24) is 0 Å². The number of carbonyl (C=O) groups is 1. The molecule has 0 fully saturated rings. The molecule has 0 aromatic heterocycles. The van der Waals surface area contributed by atoms with E-state index in [9.17, 15) is 18.0 Å². The van der Waals surface area contributed by atoms with E-state index < -0.39 is 17.6 Å². The van der Waals surface area contributed by atoms with Gasteiger partial charge in [-0.15, -0.1) is 0 Å². The predicted molar refractivity (Wildman–Crippen MR) is 72.3 cm³/mol. The SMILES string of the molecule is CCCCSCC(=O)Nc1ccccc1C(F)(F)F. The molecule has 0 aliphatic rings. The highest BCUT2D eigenvalue weighted by Gasteiger charge is 2.33. The van der Waals surface area contributed by atoms with Crippen LogP contribution in [0.2, 0.25) is 0 Å². The summed E-state index contributed by atoms with van der Waals surface area (Å²) in [5.41, 5.74) is -1.00. The maximum Gasteiger partial charge on any atom is 0.418 e. The van der Waals surface area contributed by atoms with Crippen molar-refractivity contribution in [3.63, 3.8) is 0 Å². The molecule has 0 aliphatic heterocycles. The number of amides is 1. The highest BCUT2D eigenvalue weighted by molar-refractivity contribution is 7.99. The number of benzene rings is 1. The van der Waals surface area contributed by atoms with Gasteiger partial charge in [-0.1, -0.05) is 25.5 Å². The molecule has 1 N–H and O–H groups in total. The van der Waals surface area contributed by atoms with Crippen molar-refractivity contribution in [2.45, 2.75) is 25.9 Å². The van der Waals surface area contributed by atoms with E-state index in [1.807, 2.05) is 6.92 Å². The average Bonchev–Trinajstić information content (AvgIpc) is 2.34. The summed E-state index contributed by atoms with van der Waals surface area (Å²) >= 11 is 1.43. The van der Waals surface area contributed by atoms with Crippen LogP contribution in [0.1, 0.15) is 25.3 Å². The first-order valence-electron chi connectivity index (χ1n) is 5.99. The molecule has 0 aliphatic carbocycles. The minimum absolute atomic E-state index is 0.173. The summed E-state index contributed by atoms with van der Waals surface area (Å²) in [6.45, 7) is 2.04. The third kappa shape index (κ3) is 5.55. The number of nitrogens with one attached hydrogen (secondary N) is 1. The minimum Gasteiger partial charge on any atom is -0.325 e. The van der Waals surface area contributed by atoms with Gasteiger partial charge in [-0.25, -0.2) is 0 Å². The fourth-order valence-electron chi connectivity index (χ4n) is 1.44. The zero-order valence-electron chi connectivity index (χ0n) is 10.6. The lowest BCUT2D eigenvalue weighted by atomic mass is 10.1. The molecule has 106 valence electrons. The average molecular weight is 291 g/mol. The second kappa shape index (κ2) is 7.43. The van der Waals surface area contributed by atoms with Crippen LogP contribution < -0.4 is 5.32 Å². The molecule has 0 unspecified atom stereocenters. The largest absolute Gasteiger partial charge is 0.418 e. The van der Waals surface area contributed by atoms with E-state index in [4.69, 9.17) is 0 Å². The maximum atomic E-state index is 12.7. The molecule has 1 aromatic carbocycles. The monoisotopic (exact) mass is 291 g/mol. The van der Waals surface area contributed by atoms with E-state index in [1.165, 1.54) is 30.0 Å². The molecule has 19 heavy (non-hydrogen) atoms. The molecule has 0 bridgehead atoms. The Labute approximate surface area is 114 Å². The summed E-state index contributed by atoms with van der Waals surface area (Å²) in [4.78, 5) is 11.6. The van der Waals surface area contributed by atoms with Crippen molar-refractivity contribution >= 4 is 23.4 Å². The molecule has 0 saturated heterocycles. The lowest BCUT2D eigenvalue weighted by Crippen LogP contribution is -2.18. The van der Waals surface area contributed by atoms with Crippen LogP contribution in [0.4, 0.5) is 18.9 Å². The van der Waals surface area contributed by atoms with Crippen LogP contribution >= 0.6 is 11.8 Å². The van der Waals surface area contributed by atoms with Gasteiger partial charge in [0.05, 0.1) is 17.0 Å². The third-order valence-electron chi connectivity index (χ3n) is 2.38. The number of halogens is 3. The fraction of sp³-hybridized carbons (Fsp3) is 0.462. The second-order valence-electron chi connectivity index (χ2n) is 4.00. The highest BCUT2D eigenvalue weighted by Crippen LogP contribution is 2.34. The number of para-hydroxylation sites is 1. The van der Waals surface area contributed by atoms with Crippen LogP contribution in [-0.2, 0) is 11.0 Å². The quantitative estimate of drug-likeness (QED) is 0.797. The normalized spacial score (nSPS) is 11.4. The van der Waals surface area contributed by atoms with Crippen molar-refractivity contribution in [3.05, 3.63) is 29.8 Å². The number of thioether (sulfide) groups is 1. The Bertz CT molecular complexity index is 421. The van der Waals surface area contributed by atoms with Crippen LogP contribution in [-0.4, -0.2) is 17.4 Å². The molecule has 1 amide bonds. The standard InChI is InChI=1S/C13H16F3NOS/c1-2-3-8-19-9-12(18)17-11-7-5-4-6-10(11)13(14,15)16/h4-7H,2-3,8-9H2,1H3,(H,17,18). The number of rotatable bonds is 6. The van der Waals surface area contributed by atoms with Crippen molar-refractivity contribution in [1.29, 1.82) is 0 Å². The van der Waals surface area contributed by atoms with Crippen LogP contribution in [0.15, 0.2) is 24.3 Å². The van der Waals surface area contributed by atoms with Gasteiger partial charge in [-0.2, -0.15) is 24.9 Å². The maximum absolute atomic E-state index is 12.7. The van der Waals surface area contributed by atoms with E-state index in [0.29, 0.717) is 0 Å². The molecular formula is C13H16F3NOS. The zero-order chi connectivity index (χ0) is 14.3. The molecule has 6 heteroatoms. The summed E-state index contributed by atoms with van der Waals surface area (Å²) in [6.07, 6.45) is -2.43. The summed E-state index contributed by atoms with van der Waals surface area (Å²) in [7, 11) is 0. The van der Waals surface area contributed by atoms with Crippen molar-refractivity contribution in [3.8, 4) is 0 Å². The van der Waals surface area contributed by atoms with Gasteiger partial charge in [-0.3, -0.25) is 4.79 Å². The predicted octanol–water partition coefficient (Wildman–Crippen LogP) is 4.18. The van der Waals surface area contributed by atoms with Gasteiger partial charge in [0.25, 0.3) is 0 Å². The second-order valence-corrected chi connectivity index (χ2v) is 5.10. The number of alkyl halides is 3. The molecule has 0 saturated carbocycles. The van der Waals surface area contributed by atoms with Gasteiger partial charge < -0.3 is 5.32 Å². The first-order valence-corrected chi connectivity index (χ1v) is 7.14. The number of carbonyl (C=O) groups excluding carboxylic acids is 1. The molecule has 0 heterocycles. The molecule has 0 spiro atoms.